The molecule has 1 fully saturated rings. The summed E-state index contributed by atoms with van der Waals surface area (Å²) in [6, 6.07) is 1.59. The summed E-state index contributed by atoms with van der Waals surface area (Å²) in [5.74, 6) is -2.53. The van der Waals surface area contributed by atoms with Gasteiger partial charge < -0.3 is 20.1 Å². The highest BCUT2D eigenvalue weighted by Gasteiger charge is 2.34. The number of esters is 1. The highest BCUT2D eigenvalue weighted by atomic mass is 19.1. The van der Waals surface area contributed by atoms with E-state index in [0.717, 1.165) is 0 Å². The number of benzene rings is 1. The first kappa shape index (κ1) is 33.5. The first-order chi connectivity index (χ1) is 19.4. The summed E-state index contributed by atoms with van der Waals surface area (Å²) in [6.45, 7) is 16.2. The molecule has 0 aromatic heterocycles. The van der Waals surface area contributed by atoms with Crippen molar-refractivity contribution in [3.05, 3.63) is 54.9 Å². The third-order valence-corrected chi connectivity index (χ3v) is 6.75. The maximum Gasteiger partial charge on any atom is 0.325 e. The molecule has 10 nitrogen and oxygen atoms in total. The first-order valence-corrected chi connectivity index (χ1v) is 13.9. The topological polar surface area (TPSA) is 126 Å². The quantitative estimate of drug-likeness (QED) is 0.230. The van der Waals surface area contributed by atoms with E-state index in [4.69, 9.17) is 9.47 Å². The van der Waals surface area contributed by atoms with Gasteiger partial charge in [0.2, 0.25) is 11.8 Å². The number of amides is 3. The van der Waals surface area contributed by atoms with Crippen molar-refractivity contribution in [2.24, 2.45) is 11.8 Å². The normalized spacial score (nSPS) is 17.9. The maximum absolute atomic E-state index is 14.4. The Morgan fingerprint density at radius 1 is 1.10 bits per heavy atom. The Hall–Kier alpha value is -3.73. The van der Waals surface area contributed by atoms with Crippen LogP contribution < -0.4 is 20.8 Å². The Bertz CT molecular complexity index is 1110. The minimum absolute atomic E-state index is 0.158. The molecule has 1 aromatic rings. The summed E-state index contributed by atoms with van der Waals surface area (Å²) >= 11 is 0. The second kappa shape index (κ2) is 15.9. The molecule has 0 spiro atoms. The smallest absolute Gasteiger partial charge is 0.325 e. The van der Waals surface area contributed by atoms with E-state index >= 15 is 0 Å². The summed E-state index contributed by atoms with van der Waals surface area (Å²) in [5.41, 5.74) is 3.04. The molecule has 0 bridgehead atoms. The summed E-state index contributed by atoms with van der Waals surface area (Å²) in [5, 5.41) is 6.72. The van der Waals surface area contributed by atoms with Crippen molar-refractivity contribution in [2.75, 3.05) is 13.2 Å². The average Bonchev–Trinajstić information content (AvgIpc) is 2.94. The van der Waals surface area contributed by atoms with Gasteiger partial charge in [0.25, 0.3) is 5.91 Å². The van der Waals surface area contributed by atoms with Crippen LogP contribution in [-0.2, 0) is 23.9 Å². The number of allylic oxidation sites excluding steroid dienone is 1. The molecular weight excluding hydrogens is 531 g/mol. The molecule has 1 aliphatic rings. The molecule has 0 saturated carbocycles. The van der Waals surface area contributed by atoms with E-state index < -0.39 is 47.8 Å². The molecule has 0 aliphatic carbocycles. The van der Waals surface area contributed by atoms with E-state index in [1.54, 1.807) is 39.8 Å². The van der Waals surface area contributed by atoms with Crippen LogP contribution in [0.2, 0.25) is 0 Å². The van der Waals surface area contributed by atoms with Crippen molar-refractivity contribution in [3.8, 4) is 5.75 Å². The van der Waals surface area contributed by atoms with Gasteiger partial charge in [-0.25, -0.2) is 9.82 Å². The highest BCUT2D eigenvalue weighted by molar-refractivity contribution is 5.92. The van der Waals surface area contributed by atoms with Crippen LogP contribution in [0.3, 0.4) is 0 Å². The third-order valence-electron chi connectivity index (χ3n) is 6.75. The van der Waals surface area contributed by atoms with Crippen molar-refractivity contribution in [1.29, 1.82) is 0 Å². The molecule has 1 saturated heterocycles. The van der Waals surface area contributed by atoms with E-state index in [9.17, 15) is 23.6 Å². The Balaban J connectivity index is 1.99. The van der Waals surface area contributed by atoms with Crippen LogP contribution in [0.25, 0.3) is 0 Å². The molecule has 1 unspecified atom stereocenters. The predicted molar refractivity (Wildman–Crippen MR) is 153 cm³/mol. The second-order valence-electron chi connectivity index (χ2n) is 10.6. The van der Waals surface area contributed by atoms with Crippen LogP contribution in [0.1, 0.15) is 65.5 Å². The summed E-state index contributed by atoms with van der Waals surface area (Å²) in [6.07, 6.45) is 3.69. The SMILES string of the molecule is C=CCOc1ccc(F)c(C(C)OC(=O)[C@@H]2CCCN(C(=O)[C@H](C)NC(=O)[C@@H](NC(=O)[C@H](C)CC=C)C(C)C)N2)c1. The molecule has 226 valence electrons. The molecular formula is C30H43FN4O6. The molecule has 1 heterocycles. The zero-order valence-electron chi connectivity index (χ0n) is 24.6. The van der Waals surface area contributed by atoms with Gasteiger partial charge >= 0.3 is 5.97 Å². The fraction of sp³-hybridized carbons (Fsp3) is 0.533. The first-order valence-electron chi connectivity index (χ1n) is 13.9. The minimum Gasteiger partial charge on any atom is -0.490 e. The third kappa shape index (κ3) is 9.70. The monoisotopic (exact) mass is 574 g/mol. The Kier molecular flexibility index (Phi) is 13.0. The number of rotatable bonds is 14. The molecule has 41 heavy (non-hydrogen) atoms. The molecule has 3 amide bonds. The number of carbonyl (C=O) groups excluding carboxylic acids is 4. The summed E-state index contributed by atoms with van der Waals surface area (Å²) in [7, 11) is 0. The highest BCUT2D eigenvalue weighted by Crippen LogP contribution is 2.26. The van der Waals surface area contributed by atoms with Crippen molar-refractivity contribution < 1.29 is 33.0 Å². The maximum atomic E-state index is 14.4. The minimum atomic E-state index is -0.931. The van der Waals surface area contributed by atoms with Gasteiger partial charge in [-0.05, 0) is 57.2 Å². The lowest BCUT2D eigenvalue weighted by atomic mass is 10.0. The number of hydrogen-bond acceptors (Lipinski definition) is 7. The average molecular weight is 575 g/mol. The number of nitrogens with zero attached hydrogens (tertiary/aromatic N) is 1. The standard InChI is InChI=1S/C30H43FN4O6/c1-8-11-19(5)27(36)33-26(18(3)4)28(37)32-20(6)29(38)35-15-10-12-25(34-35)30(39)41-21(7)23-17-22(40-16-9-2)13-14-24(23)31/h8-9,13-14,17-21,25-26,34H,1-2,10-12,15-16H2,3-7H3,(H,32,37)(H,33,36)/t19-,20+,21?,25+,26+/m1/s1. The van der Waals surface area contributed by atoms with Gasteiger partial charge in [-0.3, -0.25) is 24.2 Å². The van der Waals surface area contributed by atoms with Gasteiger partial charge in [-0.15, -0.1) is 6.58 Å². The van der Waals surface area contributed by atoms with E-state index in [2.05, 4.69) is 29.2 Å². The van der Waals surface area contributed by atoms with Crippen LogP contribution in [0.5, 0.6) is 5.75 Å². The molecule has 5 atom stereocenters. The van der Waals surface area contributed by atoms with Crippen molar-refractivity contribution in [3.63, 3.8) is 0 Å². The van der Waals surface area contributed by atoms with Crippen LogP contribution in [0, 0.1) is 17.7 Å². The van der Waals surface area contributed by atoms with E-state index in [1.165, 1.54) is 30.1 Å². The number of nitrogens with one attached hydrogen (secondary N) is 3. The van der Waals surface area contributed by atoms with Gasteiger partial charge in [-0.2, -0.15) is 0 Å². The van der Waals surface area contributed by atoms with Crippen LogP contribution in [0.15, 0.2) is 43.5 Å². The zero-order valence-corrected chi connectivity index (χ0v) is 24.6. The molecule has 11 heteroatoms. The molecule has 2 rings (SSSR count). The lowest BCUT2D eigenvalue weighted by molar-refractivity contribution is -0.157. The zero-order chi connectivity index (χ0) is 30.7. The second-order valence-corrected chi connectivity index (χ2v) is 10.6. The van der Waals surface area contributed by atoms with Crippen LogP contribution in [0.4, 0.5) is 4.39 Å². The van der Waals surface area contributed by atoms with Gasteiger partial charge in [0.05, 0.1) is 0 Å². The molecule has 1 aromatic carbocycles. The fourth-order valence-electron chi connectivity index (χ4n) is 4.30. The Morgan fingerprint density at radius 2 is 1.80 bits per heavy atom. The predicted octanol–water partition coefficient (Wildman–Crippen LogP) is 3.35. The van der Waals surface area contributed by atoms with Gasteiger partial charge in [0, 0.05) is 18.0 Å². The van der Waals surface area contributed by atoms with Crippen molar-refractivity contribution in [1.82, 2.24) is 21.1 Å². The van der Waals surface area contributed by atoms with Crippen molar-refractivity contribution in [2.45, 2.75) is 78.1 Å². The number of hydrazine groups is 1. The van der Waals surface area contributed by atoms with E-state index in [0.29, 0.717) is 31.6 Å². The number of carbonyl (C=O) groups is 4. The lowest BCUT2D eigenvalue weighted by Crippen LogP contribution is -2.61. The molecule has 1 aliphatic heterocycles. The fourth-order valence-corrected chi connectivity index (χ4v) is 4.30. The molecule has 3 N–H and O–H groups in total. The van der Waals surface area contributed by atoms with Gasteiger partial charge in [0.1, 0.15) is 42.4 Å². The Morgan fingerprint density at radius 3 is 2.44 bits per heavy atom. The molecule has 0 radical (unpaired) electrons. The van der Waals surface area contributed by atoms with Crippen LogP contribution in [-0.4, -0.2) is 60.0 Å². The van der Waals surface area contributed by atoms with Crippen molar-refractivity contribution >= 4 is 23.7 Å². The number of halogens is 1. The van der Waals surface area contributed by atoms with Gasteiger partial charge in [-0.1, -0.05) is 39.5 Å². The van der Waals surface area contributed by atoms with E-state index in [-0.39, 0.29) is 29.9 Å². The summed E-state index contributed by atoms with van der Waals surface area (Å²) in [4.78, 5) is 51.5. The van der Waals surface area contributed by atoms with Gasteiger partial charge in [0.15, 0.2) is 0 Å². The summed E-state index contributed by atoms with van der Waals surface area (Å²) < 4.78 is 25.4. The van der Waals surface area contributed by atoms with E-state index in [1.807, 2.05) is 0 Å². The number of hydrogen-bond donors (Lipinski definition) is 3. The Labute approximate surface area is 241 Å². The largest absolute Gasteiger partial charge is 0.490 e. The van der Waals surface area contributed by atoms with Crippen LogP contribution >= 0.6 is 0 Å². The number of ether oxygens (including phenoxy) is 2. The lowest BCUT2D eigenvalue weighted by Gasteiger charge is -2.35.